The minimum atomic E-state index is -0.997. The molecule has 0 heterocycles. The molecule has 0 bridgehead atoms. The lowest BCUT2D eigenvalue weighted by atomic mass is 10.0. The second-order valence-corrected chi connectivity index (χ2v) is 4.88. The predicted octanol–water partition coefficient (Wildman–Crippen LogP) is 0.882. The highest BCUT2D eigenvalue weighted by Crippen LogP contribution is 2.20. The summed E-state index contributed by atoms with van der Waals surface area (Å²) in [5, 5.41) is 20.9. The van der Waals surface area contributed by atoms with Gasteiger partial charge in [0.15, 0.2) is 0 Å². The average molecular weight is 255 g/mol. The average Bonchev–Trinajstić information content (AvgIpc) is 2.38. The van der Waals surface area contributed by atoms with Gasteiger partial charge in [0, 0.05) is 4.90 Å². The Kier molecular flexibility index (Phi) is 4.99. The van der Waals surface area contributed by atoms with E-state index in [-0.39, 0.29) is 19.1 Å². The Balaban J connectivity index is 2.90. The topological polar surface area (TPSA) is 69.6 Å². The molecule has 0 fully saturated rings. The molecule has 17 heavy (non-hydrogen) atoms. The Morgan fingerprint density at radius 1 is 1.35 bits per heavy atom. The van der Waals surface area contributed by atoms with Crippen molar-refractivity contribution in [2.75, 3.05) is 19.5 Å². The molecular weight excluding hydrogens is 238 g/mol. The first-order valence-corrected chi connectivity index (χ1v) is 6.46. The fourth-order valence-electron chi connectivity index (χ4n) is 1.30. The maximum Gasteiger partial charge on any atom is 0.252 e. The number of amides is 1. The van der Waals surface area contributed by atoms with Crippen molar-refractivity contribution in [1.82, 2.24) is 5.32 Å². The molecule has 3 N–H and O–H groups in total. The molecule has 0 aliphatic heterocycles. The van der Waals surface area contributed by atoms with Gasteiger partial charge in [0.05, 0.1) is 24.3 Å². The molecule has 1 rings (SSSR count). The van der Waals surface area contributed by atoms with Crippen molar-refractivity contribution in [2.45, 2.75) is 17.4 Å². The minimum absolute atomic E-state index is 0.291. The third-order valence-electron chi connectivity index (χ3n) is 2.46. The van der Waals surface area contributed by atoms with Gasteiger partial charge >= 0.3 is 0 Å². The summed E-state index contributed by atoms with van der Waals surface area (Å²) in [6.45, 7) is 0.972. The molecule has 0 atom stereocenters. The van der Waals surface area contributed by atoms with Gasteiger partial charge in [-0.15, -0.1) is 11.8 Å². The molecular formula is C12H17NO3S. The number of benzene rings is 1. The zero-order valence-corrected chi connectivity index (χ0v) is 10.8. The third kappa shape index (κ3) is 3.46. The van der Waals surface area contributed by atoms with Crippen molar-refractivity contribution in [3.8, 4) is 0 Å². The molecule has 4 nitrogen and oxygen atoms in total. The monoisotopic (exact) mass is 255 g/mol. The number of aliphatic hydroxyl groups is 2. The Bertz CT molecular complexity index is 391. The van der Waals surface area contributed by atoms with E-state index < -0.39 is 5.54 Å². The van der Waals surface area contributed by atoms with Gasteiger partial charge in [0.25, 0.3) is 5.91 Å². The summed E-state index contributed by atoms with van der Waals surface area (Å²) in [5.41, 5.74) is -0.448. The smallest absolute Gasteiger partial charge is 0.252 e. The van der Waals surface area contributed by atoms with Crippen molar-refractivity contribution in [3.05, 3.63) is 29.8 Å². The van der Waals surface area contributed by atoms with Crippen LogP contribution in [0.2, 0.25) is 0 Å². The lowest BCUT2D eigenvalue weighted by Gasteiger charge is -2.26. The first-order chi connectivity index (χ1) is 8.06. The highest BCUT2D eigenvalue weighted by atomic mass is 32.2. The van der Waals surface area contributed by atoms with Crippen molar-refractivity contribution in [1.29, 1.82) is 0 Å². The highest BCUT2D eigenvalue weighted by molar-refractivity contribution is 7.98. The number of carbonyl (C=O) groups excluding carboxylic acids is 1. The van der Waals surface area contributed by atoms with Crippen LogP contribution in [0.15, 0.2) is 29.2 Å². The number of hydrogen-bond donors (Lipinski definition) is 3. The number of carbonyl (C=O) groups is 1. The molecule has 1 amide bonds. The molecule has 1 aromatic carbocycles. The number of thioether (sulfide) groups is 1. The summed E-state index contributed by atoms with van der Waals surface area (Å²) < 4.78 is 0. The second kappa shape index (κ2) is 6.05. The Morgan fingerprint density at radius 2 is 1.94 bits per heavy atom. The van der Waals surface area contributed by atoms with Gasteiger partial charge in [-0.25, -0.2) is 0 Å². The lowest BCUT2D eigenvalue weighted by Crippen LogP contribution is -2.51. The van der Waals surface area contributed by atoms with E-state index in [0.717, 1.165) is 4.90 Å². The Morgan fingerprint density at radius 3 is 2.47 bits per heavy atom. The van der Waals surface area contributed by atoms with Crippen LogP contribution in [-0.4, -0.2) is 41.1 Å². The van der Waals surface area contributed by atoms with E-state index in [1.807, 2.05) is 18.4 Å². The summed E-state index contributed by atoms with van der Waals surface area (Å²) in [4.78, 5) is 12.9. The van der Waals surface area contributed by atoms with Crippen molar-refractivity contribution >= 4 is 17.7 Å². The van der Waals surface area contributed by atoms with Gasteiger partial charge in [-0.3, -0.25) is 4.79 Å². The van der Waals surface area contributed by atoms with Crippen LogP contribution in [0.25, 0.3) is 0 Å². The van der Waals surface area contributed by atoms with Gasteiger partial charge in [0.2, 0.25) is 0 Å². The molecule has 0 saturated heterocycles. The normalized spacial score (nSPS) is 11.3. The van der Waals surface area contributed by atoms with E-state index in [1.165, 1.54) is 11.8 Å². The molecule has 0 radical (unpaired) electrons. The summed E-state index contributed by atoms with van der Waals surface area (Å²) in [5.74, 6) is -0.291. The molecule has 0 aromatic heterocycles. The zero-order chi connectivity index (χ0) is 12.9. The quantitative estimate of drug-likeness (QED) is 0.683. The minimum Gasteiger partial charge on any atom is -0.394 e. The Labute approximate surface area is 105 Å². The van der Waals surface area contributed by atoms with Crippen molar-refractivity contribution in [3.63, 3.8) is 0 Å². The van der Waals surface area contributed by atoms with E-state index in [4.69, 9.17) is 10.2 Å². The highest BCUT2D eigenvalue weighted by Gasteiger charge is 2.25. The van der Waals surface area contributed by atoms with Gasteiger partial charge in [-0.1, -0.05) is 12.1 Å². The van der Waals surface area contributed by atoms with Crippen LogP contribution in [0.5, 0.6) is 0 Å². The van der Waals surface area contributed by atoms with Crippen LogP contribution in [0.3, 0.4) is 0 Å². The van der Waals surface area contributed by atoms with Crippen LogP contribution in [0, 0.1) is 0 Å². The van der Waals surface area contributed by atoms with Crippen LogP contribution in [-0.2, 0) is 0 Å². The summed E-state index contributed by atoms with van der Waals surface area (Å²) >= 11 is 1.48. The largest absolute Gasteiger partial charge is 0.394 e. The fourth-order valence-corrected chi connectivity index (χ4v) is 1.90. The maximum atomic E-state index is 12.0. The van der Waals surface area contributed by atoms with Crippen molar-refractivity contribution in [2.24, 2.45) is 0 Å². The Hall–Kier alpha value is -1.04. The van der Waals surface area contributed by atoms with Crippen molar-refractivity contribution < 1.29 is 15.0 Å². The van der Waals surface area contributed by atoms with E-state index in [2.05, 4.69) is 5.32 Å². The molecule has 0 aliphatic carbocycles. The summed E-state index contributed by atoms with van der Waals surface area (Å²) in [6, 6.07) is 7.22. The predicted molar refractivity (Wildman–Crippen MR) is 68.3 cm³/mol. The summed E-state index contributed by atoms with van der Waals surface area (Å²) in [7, 11) is 0. The molecule has 0 spiro atoms. The van der Waals surface area contributed by atoms with Gasteiger partial charge in [0.1, 0.15) is 0 Å². The van der Waals surface area contributed by atoms with E-state index in [0.29, 0.717) is 5.56 Å². The van der Waals surface area contributed by atoms with E-state index >= 15 is 0 Å². The zero-order valence-electron chi connectivity index (χ0n) is 9.93. The van der Waals surface area contributed by atoms with Gasteiger partial charge in [-0.05, 0) is 25.3 Å². The van der Waals surface area contributed by atoms with Crippen LogP contribution in [0.1, 0.15) is 17.3 Å². The van der Waals surface area contributed by atoms with Gasteiger partial charge < -0.3 is 15.5 Å². The second-order valence-electron chi connectivity index (χ2n) is 4.03. The van der Waals surface area contributed by atoms with Gasteiger partial charge in [-0.2, -0.15) is 0 Å². The number of aliphatic hydroxyl groups excluding tert-OH is 2. The number of rotatable bonds is 5. The molecule has 1 aromatic rings. The van der Waals surface area contributed by atoms with E-state index in [1.54, 1.807) is 19.1 Å². The summed E-state index contributed by atoms with van der Waals surface area (Å²) in [6.07, 6.45) is 1.89. The first-order valence-electron chi connectivity index (χ1n) is 5.23. The fraction of sp³-hybridized carbons (Fsp3) is 0.417. The standard InChI is InChI=1S/C12H17NO3S/c1-12(7-14,8-15)13-11(16)9-5-3-4-6-10(9)17-2/h3-6,14-15H,7-8H2,1-2H3,(H,13,16). The third-order valence-corrected chi connectivity index (χ3v) is 3.26. The molecule has 94 valence electrons. The van der Waals surface area contributed by atoms with Crippen LogP contribution < -0.4 is 5.32 Å². The van der Waals surface area contributed by atoms with Crippen LogP contribution >= 0.6 is 11.8 Å². The molecule has 0 aliphatic rings. The molecule has 0 saturated carbocycles. The number of nitrogens with one attached hydrogen (secondary N) is 1. The van der Waals surface area contributed by atoms with Crippen LogP contribution in [0.4, 0.5) is 0 Å². The first kappa shape index (κ1) is 14.0. The maximum absolute atomic E-state index is 12.0. The molecule has 5 heteroatoms. The van der Waals surface area contributed by atoms with E-state index in [9.17, 15) is 4.79 Å². The molecule has 0 unspecified atom stereocenters. The number of hydrogen-bond acceptors (Lipinski definition) is 4. The lowest BCUT2D eigenvalue weighted by molar-refractivity contribution is 0.0721. The SMILES string of the molecule is CSc1ccccc1C(=O)NC(C)(CO)CO.